The number of carbonyl (C=O) groups is 2. The molecule has 2 aliphatic rings. The van der Waals surface area contributed by atoms with Gasteiger partial charge in [-0.25, -0.2) is 0 Å². The smallest absolute Gasteiger partial charge is 0.255 e. The first-order chi connectivity index (χ1) is 10.6. The molecule has 1 atom stereocenters. The first-order valence-electron chi connectivity index (χ1n) is 8.23. The van der Waals surface area contributed by atoms with E-state index >= 15 is 0 Å². The highest BCUT2D eigenvalue weighted by molar-refractivity contribution is 5.95. The van der Waals surface area contributed by atoms with Crippen molar-refractivity contribution in [3.05, 3.63) is 17.5 Å². The Balaban J connectivity index is 1.65. The zero-order valence-electron chi connectivity index (χ0n) is 13.1. The molecule has 2 N–H and O–H groups in total. The van der Waals surface area contributed by atoms with Gasteiger partial charge in [0, 0.05) is 32.0 Å². The highest BCUT2D eigenvalue weighted by Gasteiger charge is 2.27. The molecule has 0 aromatic carbocycles. The van der Waals surface area contributed by atoms with Crippen molar-refractivity contribution in [2.75, 3.05) is 13.6 Å². The molecule has 1 saturated heterocycles. The van der Waals surface area contributed by atoms with Crippen molar-refractivity contribution in [3.63, 3.8) is 0 Å². The summed E-state index contributed by atoms with van der Waals surface area (Å²) in [5.41, 5.74) is 1.66. The number of likely N-dealkylation sites (N-methyl/N-ethyl adjacent to an activating group) is 1. The summed E-state index contributed by atoms with van der Waals surface area (Å²) in [7, 11) is 1.78. The molecule has 2 heterocycles. The second-order valence-corrected chi connectivity index (χ2v) is 6.52. The second kappa shape index (κ2) is 6.50. The molecule has 1 aliphatic heterocycles. The lowest BCUT2D eigenvalue weighted by Gasteiger charge is -2.30. The molecule has 0 unspecified atom stereocenters. The summed E-state index contributed by atoms with van der Waals surface area (Å²) in [6.07, 6.45) is 8.84. The fourth-order valence-electron chi connectivity index (χ4n) is 3.57. The average molecular weight is 304 g/mol. The van der Waals surface area contributed by atoms with E-state index in [4.69, 9.17) is 0 Å². The average Bonchev–Trinajstić information content (AvgIpc) is 3.01. The number of nitrogens with one attached hydrogen (secondary N) is 2. The number of rotatable bonds is 3. The Morgan fingerprint density at radius 2 is 2.09 bits per heavy atom. The van der Waals surface area contributed by atoms with Crippen LogP contribution in [0.3, 0.4) is 0 Å². The number of likely N-dealkylation sites (tertiary alicyclic amines) is 1. The number of hydrogen-bond acceptors (Lipinski definition) is 3. The Morgan fingerprint density at radius 3 is 2.82 bits per heavy atom. The molecule has 0 bridgehead atoms. The summed E-state index contributed by atoms with van der Waals surface area (Å²) in [6.45, 7) is 0.585. The van der Waals surface area contributed by atoms with Gasteiger partial charge in [-0.05, 0) is 19.3 Å². The summed E-state index contributed by atoms with van der Waals surface area (Å²) in [4.78, 5) is 25.8. The summed E-state index contributed by atoms with van der Waals surface area (Å²) in [5, 5.41) is 10.2. The normalized spacial score (nSPS) is 23.6. The van der Waals surface area contributed by atoms with Gasteiger partial charge in [0.25, 0.3) is 5.91 Å². The molecule has 1 saturated carbocycles. The zero-order valence-corrected chi connectivity index (χ0v) is 13.1. The topological polar surface area (TPSA) is 78.1 Å². The Morgan fingerprint density at radius 1 is 1.32 bits per heavy atom. The number of nitrogens with zero attached hydrogens (tertiary/aromatic N) is 2. The van der Waals surface area contributed by atoms with Gasteiger partial charge in [-0.3, -0.25) is 14.7 Å². The van der Waals surface area contributed by atoms with Crippen molar-refractivity contribution >= 4 is 11.8 Å². The van der Waals surface area contributed by atoms with Gasteiger partial charge in [-0.2, -0.15) is 5.10 Å². The van der Waals surface area contributed by atoms with Crippen molar-refractivity contribution in [3.8, 4) is 0 Å². The SMILES string of the molecule is CN1C[C@H](NC(=O)c2cn[nH]c2C2CCCCC2)CCC1=O. The molecule has 1 aromatic rings. The number of hydrogen-bond donors (Lipinski definition) is 2. The molecule has 6 nitrogen and oxygen atoms in total. The van der Waals surface area contributed by atoms with Crippen LogP contribution in [0.15, 0.2) is 6.20 Å². The molecule has 22 heavy (non-hydrogen) atoms. The van der Waals surface area contributed by atoms with Crippen molar-refractivity contribution in [2.24, 2.45) is 0 Å². The maximum absolute atomic E-state index is 12.6. The van der Waals surface area contributed by atoms with Crippen LogP contribution in [-0.2, 0) is 4.79 Å². The van der Waals surface area contributed by atoms with Gasteiger partial charge in [-0.15, -0.1) is 0 Å². The zero-order chi connectivity index (χ0) is 15.5. The fourth-order valence-corrected chi connectivity index (χ4v) is 3.57. The molecule has 0 spiro atoms. The van der Waals surface area contributed by atoms with Crippen LogP contribution in [0.25, 0.3) is 0 Å². The molecule has 120 valence electrons. The predicted octanol–water partition coefficient (Wildman–Crippen LogP) is 1.81. The Bertz CT molecular complexity index is 548. The number of aromatic amines is 1. The van der Waals surface area contributed by atoms with Crippen molar-refractivity contribution < 1.29 is 9.59 Å². The maximum atomic E-state index is 12.6. The minimum atomic E-state index is -0.0675. The van der Waals surface area contributed by atoms with Gasteiger partial charge < -0.3 is 10.2 Å². The van der Waals surface area contributed by atoms with Crippen LogP contribution in [0.5, 0.6) is 0 Å². The predicted molar refractivity (Wildman–Crippen MR) is 82.5 cm³/mol. The number of H-pyrrole nitrogens is 1. The van der Waals surface area contributed by atoms with E-state index in [1.807, 2.05) is 0 Å². The molecule has 3 rings (SSSR count). The van der Waals surface area contributed by atoms with Crippen LogP contribution < -0.4 is 5.32 Å². The van der Waals surface area contributed by atoms with E-state index in [-0.39, 0.29) is 17.9 Å². The lowest BCUT2D eigenvalue weighted by atomic mass is 9.85. The van der Waals surface area contributed by atoms with E-state index in [0.29, 0.717) is 30.9 Å². The van der Waals surface area contributed by atoms with E-state index in [2.05, 4.69) is 15.5 Å². The Hall–Kier alpha value is -1.85. The van der Waals surface area contributed by atoms with E-state index < -0.39 is 0 Å². The molecule has 1 aliphatic carbocycles. The van der Waals surface area contributed by atoms with E-state index in [1.165, 1.54) is 19.3 Å². The third-order valence-electron chi connectivity index (χ3n) is 4.89. The third kappa shape index (κ3) is 3.15. The van der Waals surface area contributed by atoms with Gasteiger partial charge >= 0.3 is 0 Å². The molecule has 2 fully saturated rings. The van der Waals surface area contributed by atoms with Gasteiger partial charge in [-0.1, -0.05) is 19.3 Å². The van der Waals surface area contributed by atoms with Crippen LogP contribution >= 0.6 is 0 Å². The molecule has 6 heteroatoms. The monoisotopic (exact) mass is 304 g/mol. The number of aromatic nitrogens is 2. The summed E-state index contributed by atoms with van der Waals surface area (Å²) < 4.78 is 0. The summed E-state index contributed by atoms with van der Waals surface area (Å²) in [5.74, 6) is 0.506. The Kier molecular flexibility index (Phi) is 4.45. The van der Waals surface area contributed by atoms with Crippen LogP contribution in [0.1, 0.15) is 66.9 Å². The minimum absolute atomic E-state index is 0.0318. The van der Waals surface area contributed by atoms with Crippen molar-refractivity contribution in [1.82, 2.24) is 20.4 Å². The van der Waals surface area contributed by atoms with Gasteiger partial charge in [0.15, 0.2) is 0 Å². The van der Waals surface area contributed by atoms with Crippen LogP contribution in [0.2, 0.25) is 0 Å². The van der Waals surface area contributed by atoms with Crippen molar-refractivity contribution in [2.45, 2.75) is 56.9 Å². The lowest BCUT2D eigenvalue weighted by molar-refractivity contribution is -0.132. The fraction of sp³-hybridized carbons (Fsp3) is 0.688. The molecular weight excluding hydrogens is 280 g/mol. The first kappa shape index (κ1) is 15.1. The van der Waals surface area contributed by atoms with E-state index in [0.717, 1.165) is 18.5 Å². The molecule has 2 amide bonds. The maximum Gasteiger partial charge on any atom is 0.255 e. The van der Waals surface area contributed by atoms with Crippen molar-refractivity contribution in [1.29, 1.82) is 0 Å². The second-order valence-electron chi connectivity index (χ2n) is 6.52. The number of amides is 2. The molecular formula is C16H24N4O2. The minimum Gasteiger partial charge on any atom is -0.347 e. The largest absolute Gasteiger partial charge is 0.347 e. The number of carbonyl (C=O) groups excluding carboxylic acids is 2. The quantitative estimate of drug-likeness (QED) is 0.894. The lowest BCUT2D eigenvalue weighted by Crippen LogP contribution is -2.48. The number of piperidine rings is 1. The summed E-state index contributed by atoms with van der Waals surface area (Å²) >= 11 is 0. The van der Waals surface area contributed by atoms with Crippen LogP contribution in [-0.4, -0.2) is 46.5 Å². The molecule has 0 radical (unpaired) electrons. The first-order valence-corrected chi connectivity index (χ1v) is 8.23. The van der Waals surface area contributed by atoms with Gasteiger partial charge in [0.1, 0.15) is 0 Å². The summed E-state index contributed by atoms with van der Waals surface area (Å²) in [6, 6.07) is 0.0318. The highest BCUT2D eigenvalue weighted by Crippen LogP contribution is 2.33. The van der Waals surface area contributed by atoms with Gasteiger partial charge in [0.2, 0.25) is 5.91 Å². The van der Waals surface area contributed by atoms with Gasteiger partial charge in [0.05, 0.1) is 17.5 Å². The third-order valence-corrected chi connectivity index (χ3v) is 4.89. The van der Waals surface area contributed by atoms with E-state index in [9.17, 15) is 9.59 Å². The highest BCUT2D eigenvalue weighted by atomic mass is 16.2. The van der Waals surface area contributed by atoms with Crippen LogP contribution in [0, 0.1) is 0 Å². The standard InChI is InChI=1S/C16H24N4O2/c1-20-10-12(7-8-14(20)21)18-16(22)13-9-17-19-15(13)11-5-3-2-4-6-11/h9,11-12H,2-8,10H2,1H3,(H,17,19)(H,18,22)/t12-/m1/s1. The van der Waals surface area contributed by atoms with Crippen LogP contribution in [0.4, 0.5) is 0 Å². The van der Waals surface area contributed by atoms with E-state index in [1.54, 1.807) is 18.1 Å². The Labute approximate surface area is 130 Å². The molecule has 1 aromatic heterocycles.